The SMILES string of the molecule is NC1CCC(NC(=O)c2ccc[nH]c2=O)CC1. The van der Waals surface area contributed by atoms with Crippen LogP contribution in [0.3, 0.4) is 0 Å². The van der Waals surface area contributed by atoms with Crippen molar-refractivity contribution in [1.29, 1.82) is 0 Å². The summed E-state index contributed by atoms with van der Waals surface area (Å²) >= 11 is 0. The number of nitrogens with one attached hydrogen (secondary N) is 2. The van der Waals surface area contributed by atoms with Crippen LogP contribution >= 0.6 is 0 Å². The summed E-state index contributed by atoms with van der Waals surface area (Å²) < 4.78 is 0. The van der Waals surface area contributed by atoms with E-state index in [2.05, 4.69) is 10.3 Å². The quantitative estimate of drug-likeness (QED) is 0.692. The van der Waals surface area contributed by atoms with Crippen LogP contribution in [-0.4, -0.2) is 23.0 Å². The van der Waals surface area contributed by atoms with Crippen molar-refractivity contribution >= 4 is 5.91 Å². The van der Waals surface area contributed by atoms with Crippen molar-refractivity contribution in [1.82, 2.24) is 10.3 Å². The maximum Gasteiger partial charge on any atom is 0.260 e. The zero-order chi connectivity index (χ0) is 12.3. The van der Waals surface area contributed by atoms with E-state index in [4.69, 9.17) is 5.73 Å². The van der Waals surface area contributed by atoms with Crippen LogP contribution in [-0.2, 0) is 0 Å². The smallest absolute Gasteiger partial charge is 0.260 e. The van der Waals surface area contributed by atoms with E-state index in [1.807, 2.05) is 0 Å². The second-order valence-electron chi connectivity index (χ2n) is 4.50. The Kier molecular flexibility index (Phi) is 3.58. The average molecular weight is 235 g/mol. The Bertz CT molecular complexity index is 447. The van der Waals surface area contributed by atoms with Crippen LogP contribution in [0.1, 0.15) is 36.0 Å². The van der Waals surface area contributed by atoms with Crippen LogP contribution in [0, 0.1) is 0 Å². The van der Waals surface area contributed by atoms with E-state index < -0.39 is 0 Å². The largest absolute Gasteiger partial charge is 0.349 e. The summed E-state index contributed by atoms with van der Waals surface area (Å²) in [6.45, 7) is 0. The molecule has 0 aromatic carbocycles. The number of amides is 1. The molecule has 0 atom stereocenters. The van der Waals surface area contributed by atoms with Crippen molar-refractivity contribution in [3.05, 3.63) is 34.2 Å². The molecule has 0 bridgehead atoms. The normalized spacial score (nSPS) is 24.3. The van der Waals surface area contributed by atoms with Gasteiger partial charge in [0.25, 0.3) is 11.5 Å². The highest BCUT2D eigenvalue weighted by Crippen LogP contribution is 2.17. The van der Waals surface area contributed by atoms with Crippen LogP contribution in [0.2, 0.25) is 0 Å². The second-order valence-corrected chi connectivity index (χ2v) is 4.50. The fourth-order valence-electron chi connectivity index (χ4n) is 2.13. The van der Waals surface area contributed by atoms with Gasteiger partial charge in [0.2, 0.25) is 0 Å². The third-order valence-corrected chi connectivity index (χ3v) is 3.17. The van der Waals surface area contributed by atoms with Gasteiger partial charge in [-0.1, -0.05) is 0 Å². The molecule has 4 N–H and O–H groups in total. The molecule has 1 amide bonds. The van der Waals surface area contributed by atoms with Crippen molar-refractivity contribution < 1.29 is 4.79 Å². The van der Waals surface area contributed by atoms with Crippen LogP contribution in [0.5, 0.6) is 0 Å². The Morgan fingerprint density at radius 2 is 2.06 bits per heavy atom. The summed E-state index contributed by atoms with van der Waals surface area (Å²) in [6, 6.07) is 3.57. The minimum Gasteiger partial charge on any atom is -0.349 e. The molecule has 1 fully saturated rings. The molecule has 0 unspecified atom stereocenters. The number of aromatic nitrogens is 1. The molecule has 92 valence electrons. The number of nitrogens with two attached hydrogens (primary N) is 1. The summed E-state index contributed by atoms with van der Waals surface area (Å²) in [5.74, 6) is -0.299. The van der Waals surface area contributed by atoms with Gasteiger partial charge in [0.05, 0.1) is 0 Å². The number of carbonyl (C=O) groups excluding carboxylic acids is 1. The van der Waals surface area contributed by atoms with Crippen molar-refractivity contribution in [2.45, 2.75) is 37.8 Å². The summed E-state index contributed by atoms with van der Waals surface area (Å²) in [4.78, 5) is 25.8. The van der Waals surface area contributed by atoms with Gasteiger partial charge in [0, 0.05) is 18.3 Å². The molecule has 2 rings (SSSR count). The molecule has 0 spiro atoms. The summed E-state index contributed by atoms with van der Waals surface area (Å²) in [7, 11) is 0. The number of H-pyrrole nitrogens is 1. The van der Waals surface area contributed by atoms with Gasteiger partial charge >= 0.3 is 0 Å². The predicted octanol–water partition coefficient (Wildman–Crippen LogP) is 0.375. The van der Waals surface area contributed by atoms with E-state index in [0.717, 1.165) is 25.7 Å². The van der Waals surface area contributed by atoms with Gasteiger partial charge in [-0.3, -0.25) is 9.59 Å². The Morgan fingerprint density at radius 1 is 1.35 bits per heavy atom. The molecule has 0 radical (unpaired) electrons. The van der Waals surface area contributed by atoms with Crippen LogP contribution < -0.4 is 16.6 Å². The summed E-state index contributed by atoms with van der Waals surface area (Å²) in [5, 5.41) is 2.88. The van der Waals surface area contributed by atoms with Crippen LogP contribution in [0.25, 0.3) is 0 Å². The highest BCUT2D eigenvalue weighted by atomic mass is 16.2. The molecule has 5 heteroatoms. The average Bonchev–Trinajstić information content (AvgIpc) is 2.32. The predicted molar refractivity (Wildman–Crippen MR) is 64.8 cm³/mol. The van der Waals surface area contributed by atoms with E-state index >= 15 is 0 Å². The fraction of sp³-hybridized carbons (Fsp3) is 0.500. The third kappa shape index (κ3) is 2.94. The molecule has 1 aliphatic rings. The first-order valence-electron chi connectivity index (χ1n) is 5.91. The van der Waals surface area contributed by atoms with E-state index in [1.165, 1.54) is 12.3 Å². The first-order chi connectivity index (χ1) is 8.16. The highest BCUT2D eigenvalue weighted by molar-refractivity contribution is 5.93. The molecular weight excluding hydrogens is 218 g/mol. The van der Waals surface area contributed by atoms with Crippen molar-refractivity contribution in [2.24, 2.45) is 5.73 Å². The van der Waals surface area contributed by atoms with Crippen LogP contribution in [0.4, 0.5) is 0 Å². The summed E-state index contributed by atoms with van der Waals surface area (Å²) in [6.07, 6.45) is 5.14. The first kappa shape index (κ1) is 11.9. The van der Waals surface area contributed by atoms with Gasteiger partial charge in [-0.2, -0.15) is 0 Å². The molecule has 1 saturated carbocycles. The van der Waals surface area contributed by atoms with Gasteiger partial charge in [-0.15, -0.1) is 0 Å². The van der Waals surface area contributed by atoms with Crippen molar-refractivity contribution in [3.8, 4) is 0 Å². The molecule has 17 heavy (non-hydrogen) atoms. The molecule has 1 aliphatic carbocycles. The molecule has 1 aromatic heterocycles. The topological polar surface area (TPSA) is 88.0 Å². The molecule has 1 aromatic rings. The lowest BCUT2D eigenvalue weighted by Gasteiger charge is -2.26. The van der Waals surface area contributed by atoms with Crippen molar-refractivity contribution in [2.75, 3.05) is 0 Å². The zero-order valence-corrected chi connectivity index (χ0v) is 9.61. The molecule has 0 saturated heterocycles. The standard InChI is InChI=1S/C12H17N3O2/c13-8-3-5-9(6-4-8)15-12(17)10-2-1-7-14-11(10)16/h1-2,7-9H,3-6,13H2,(H,14,16)(H,15,17). The number of hydrogen-bond donors (Lipinski definition) is 3. The summed E-state index contributed by atoms with van der Waals surface area (Å²) in [5.41, 5.74) is 5.61. The van der Waals surface area contributed by atoms with Gasteiger partial charge < -0.3 is 16.0 Å². The van der Waals surface area contributed by atoms with E-state index in [0.29, 0.717) is 0 Å². The van der Waals surface area contributed by atoms with E-state index in [1.54, 1.807) is 6.07 Å². The maximum atomic E-state index is 11.9. The van der Waals surface area contributed by atoms with E-state index in [-0.39, 0.29) is 29.1 Å². The van der Waals surface area contributed by atoms with Gasteiger partial charge in [-0.05, 0) is 37.8 Å². The minimum atomic E-state index is -0.350. The minimum absolute atomic E-state index is 0.141. The Hall–Kier alpha value is -1.62. The maximum absolute atomic E-state index is 11.9. The third-order valence-electron chi connectivity index (χ3n) is 3.17. The number of aromatic amines is 1. The molecule has 0 aliphatic heterocycles. The monoisotopic (exact) mass is 235 g/mol. The molecule has 1 heterocycles. The first-order valence-corrected chi connectivity index (χ1v) is 5.91. The number of hydrogen-bond acceptors (Lipinski definition) is 3. The number of rotatable bonds is 2. The highest BCUT2D eigenvalue weighted by Gasteiger charge is 2.21. The zero-order valence-electron chi connectivity index (χ0n) is 9.61. The lowest BCUT2D eigenvalue weighted by atomic mass is 9.91. The lowest BCUT2D eigenvalue weighted by molar-refractivity contribution is 0.0924. The molecular formula is C12H17N3O2. The Labute approximate surface area is 99.4 Å². The van der Waals surface area contributed by atoms with Crippen molar-refractivity contribution in [3.63, 3.8) is 0 Å². The Morgan fingerprint density at radius 3 is 2.71 bits per heavy atom. The van der Waals surface area contributed by atoms with Crippen LogP contribution in [0.15, 0.2) is 23.1 Å². The van der Waals surface area contributed by atoms with Gasteiger partial charge in [-0.25, -0.2) is 0 Å². The fourth-order valence-corrected chi connectivity index (χ4v) is 2.13. The lowest BCUT2D eigenvalue weighted by Crippen LogP contribution is -2.41. The van der Waals surface area contributed by atoms with Gasteiger partial charge in [0.1, 0.15) is 5.56 Å². The molecule has 5 nitrogen and oxygen atoms in total. The van der Waals surface area contributed by atoms with Gasteiger partial charge in [0.15, 0.2) is 0 Å². The second kappa shape index (κ2) is 5.14. The number of carbonyl (C=O) groups is 1. The Balaban J connectivity index is 1.98. The number of pyridine rings is 1. The van der Waals surface area contributed by atoms with E-state index in [9.17, 15) is 9.59 Å².